The van der Waals surface area contributed by atoms with Crippen molar-refractivity contribution in [2.45, 2.75) is 24.2 Å². The van der Waals surface area contributed by atoms with Gasteiger partial charge in [-0.3, -0.25) is 0 Å². The summed E-state index contributed by atoms with van der Waals surface area (Å²) in [5.41, 5.74) is 5.70. The zero-order chi connectivity index (χ0) is 15.3. The van der Waals surface area contributed by atoms with Gasteiger partial charge in [-0.05, 0) is 31.4 Å². The molecule has 0 saturated heterocycles. The van der Waals surface area contributed by atoms with Crippen LogP contribution in [-0.4, -0.2) is 38.0 Å². The molecule has 1 aromatic carbocycles. The number of halogens is 2. The van der Waals surface area contributed by atoms with Gasteiger partial charge in [0.05, 0.1) is 15.7 Å². The van der Waals surface area contributed by atoms with Crippen molar-refractivity contribution in [3.63, 3.8) is 0 Å². The van der Waals surface area contributed by atoms with E-state index in [-0.39, 0.29) is 27.2 Å². The van der Waals surface area contributed by atoms with E-state index in [2.05, 4.69) is 0 Å². The fourth-order valence-corrected chi connectivity index (χ4v) is 3.60. The third-order valence-corrected chi connectivity index (χ3v) is 5.66. The molecule has 0 atom stereocenters. The Kier molecular flexibility index (Phi) is 6.54. The van der Waals surface area contributed by atoms with Crippen LogP contribution in [0.3, 0.4) is 0 Å². The Morgan fingerprint density at radius 2 is 1.90 bits per heavy atom. The summed E-state index contributed by atoms with van der Waals surface area (Å²) in [5.74, 6) is 0. The molecule has 0 aliphatic rings. The number of nitrogens with two attached hydrogens (primary N) is 1. The minimum absolute atomic E-state index is 0.0503. The second-order valence-electron chi connectivity index (χ2n) is 4.38. The molecule has 0 saturated carbocycles. The van der Waals surface area contributed by atoms with E-state index in [9.17, 15) is 8.42 Å². The zero-order valence-electron chi connectivity index (χ0n) is 11.1. The topological polar surface area (TPSA) is 83.6 Å². The second kappa shape index (κ2) is 7.47. The summed E-state index contributed by atoms with van der Waals surface area (Å²) in [7, 11) is -2.21. The van der Waals surface area contributed by atoms with Crippen molar-refractivity contribution in [1.82, 2.24) is 4.31 Å². The quantitative estimate of drug-likeness (QED) is 0.589. The van der Waals surface area contributed by atoms with Crippen LogP contribution in [0.1, 0.15) is 19.3 Å². The van der Waals surface area contributed by atoms with Gasteiger partial charge >= 0.3 is 0 Å². The molecule has 0 amide bonds. The summed E-state index contributed by atoms with van der Waals surface area (Å²) in [6.07, 6.45) is 2.08. The number of nitrogens with zero attached hydrogens (tertiary/aromatic N) is 1. The molecule has 20 heavy (non-hydrogen) atoms. The third-order valence-electron chi connectivity index (χ3n) is 2.91. The first-order valence-corrected chi connectivity index (χ1v) is 8.32. The lowest BCUT2D eigenvalue weighted by Crippen LogP contribution is -2.28. The van der Waals surface area contributed by atoms with E-state index < -0.39 is 10.0 Å². The summed E-state index contributed by atoms with van der Waals surface area (Å²) in [6, 6.07) is 2.76. The van der Waals surface area contributed by atoms with E-state index in [1.165, 1.54) is 23.5 Å². The van der Waals surface area contributed by atoms with E-state index in [4.69, 9.17) is 34.0 Å². The van der Waals surface area contributed by atoms with Gasteiger partial charge in [0.1, 0.15) is 4.90 Å². The van der Waals surface area contributed by atoms with Crippen LogP contribution in [0, 0.1) is 0 Å². The van der Waals surface area contributed by atoms with Gasteiger partial charge in [-0.25, -0.2) is 12.7 Å². The molecule has 1 rings (SSSR count). The summed E-state index contributed by atoms with van der Waals surface area (Å²) in [5, 5.41) is 8.85. The number of rotatable bonds is 7. The smallest absolute Gasteiger partial charge is 0.244 e. The average molecular weight is 341 g/mol. The summed E-state index contributed by atoms with van der Waals surface area (Å²) < 4.78 is 26.0. The second-order valence-corrected chi connectivity index (χ2v) is 7.18. The minimum atomic E-state index is -3.70. The lowest BCUT2D eigenvalue weighted by Gasteiger charge is -2.18. The van der Waals surface area contributed by atoms with E-state index >= 15 is 0 Å². The van der Waals surface area contributed by atoms with Crippen molar-refractivity contribution in [3.05, 3.63) is 22.2 Å². The molecule has 5 nitrogen and oxygen atoms in total. The minimum Gasteiger partial charge on any atom is -0.396 e. The standard InChI is InChI=1S/C12H18Cl2N2O3S/c1-16(7-3-2-4-8-17)20(18,19)10-6-5-9(13)12(15)11(10)14/h5-6,17H,2-4,7-8,15H2,1H3. The number of nitrogen functional groups attached to an aromatic ring is 1. The van der Waals surface area contributed by atoms with Gasteiger partial charge in [-0.1, -0.05) is 23.2 Å². The molecular weight excluding hydrogens is 323 g/mol. The number of sulfonamides is 1. The average Bonchev–Trinajstić information content (AvgIpc) is 2.40. The maximum Gasteiger partial charge on any atom is 0.244 e. The Labute approximate surface area is 129 Å². The lowest BCUT2D eigenvalue weighted by atomic mass is 10.2. The monoisotopic (exact) mass is 340 g/mol. The highest BCUT2D eigenvalue weighted by atomic mass is 35.5. The third kappa shape index (κ3) is 3.99. The van der Waals surface area contributed by atoms with Gasteiger partial charge < -0.3 is 10.8 Å². The molecule has 0 spiro atoms. The van der Waals surface area contributed by atoms with Crippen LogP contribution in [-0.2, 0) is 10.0 Å². The molecule has 0 aromatic heterocycles. The fourth-order valence-electron chi connectivity index (χ4n) is 1.66. The molecule has 0 aliphatic carbocycles. The van der Waals surface area contributed by atoms with E-state index in [0.29, 0.717) is 19.4 Å². The Bertz CT molecular complexity index is 564. The lowest BCUT2D eigenvalue weighted by molar-refractivity contribution is 0.281. The summed E-state index contributed by atoms with van der Waals surface area (Å²) >= 11 is 11.8. The van der Waals surface area contributed by atoms with Crippen LogP contribution < -0.4 is 5.73 Å². The summed E-state index contributed by atoms with van der Waals surface area (Å²) in [4.78, 5) is -0.0503. The van der Waals surface area contributed by atoms with Crippen molar-refractivity contribution in [1.29, 1.82) is 0 Å². The van der Waals surface area contributed by atoms with E-state index in [0.717, 1.165) is 6.42 Å². The predicted molar refractivity (Wildman–Crippen MR) is 81.6 cm³/mol. The SMILES string of the molecule is CN(CCCCCO)S(=O)(=O)c1ccc(Cl)c(N)c1Cl. The number of hydrogen-bond acceptors (Lipinski definition) is 4. The Hall–Kier alpha value is -0.530. The van der Waals surface area contributed by atoms with E-state index in [1.807, 2.05) is 0 Å². The molecule has 8 heteroatoms. The first kappa shape index (κ1) is 17.5. The normalized spacial score (nSPS) is 12.1. The molecule has 0 bridgehead atoms. The molecule has 0 heterocycles. The Morgan fingerprint density at radius 1 is 1.25 bits per heavy atom. The largest absolute Gasteiger partial charge is 0.396 e. The number of aliphatic hydroxyl groups is 1. The summed E-state index contributed by atoms with van der Waals surface area (Å²) in [6.45, 7) is 0.456. The van der Waals surface area contributed by atoms with Crippen LogP contribution in [0.5, 0.6) is 0 Å². The number of anilines is 1. The first-order chi connectivity index (χ1) is 9.32. The van der Waals surface area contributed by atoms with Crippen molar-refractivity contribution in [2.75, 3.05) is 25.9 Å². The number of aliphatic hydroxyl groups excluding tert-OH is 1. The van der Waals surface area contributed by atoms with Crippen molar-refractivity contribution in [3.8, 4) is 0 Å². The number of hydrogen-bond donors (Lipinski definition) is 2. The number of benzene rings is 1. The van der Waals surface area contributed by atoms with Gasteiger partial charge in [-0.15, -0.1) is 0 Å². The highest BCUT2D eigenvalue weighted by Crippen LogP contribution is 2.34. The zero-order valence-corrected chi connectivity index (χ0v) is 13.5. The Balaban J connectivity index is 2.91. The van der Waals surface area contributed by atoms with Gasteiger partial charge in [0.15, 0.2) is 0 Å². The van der Waals surface area contributed by atoms with Gasteiger partial charge in [-0.2, -0.15) is 0 Å². The van der Waals surface area contributed by atoms with Crippen LogP contribution in [0.25, 0.3) is 0 Å². The van der Waals surface area contributed by atoms with Gasteiger partial charge in [0.2, 0.25) is 10.0 Å². The van der Waals surface area contributed by atoms with Crippen molar-refractivity contribution < 1.29 is 13.5 Å². The van der Waals surface area contributed by atoms with Crippen LogP contribution in [0.2, 0.25) is 10.0 Å². The molecule has 0 radical (unpaired) electrons. The van der Waals surface area contributed by atoms with Crippen molar-refractivity contribution >= 4 is 38.9 Å². The molecule has 0 fully saturated rings. The molecule has 0 unspecified atom stereocenters. The molecular formula is C12H18Cl2N2O3S. The number of unbranched alkanes of at least 4 members (excludes halogenated alkanes) is 2. The van der Waals surface area contributed by atoms with Crippen LogP contribution in [0.4, 0.5) is 5.69 Å². The highest BCUT2D eigenvalue weighted by Gasteiger charge is 2.25. The molecule has 3 N–H and O–H groups in total. The van der Waals surface area contributed by atoms with Crippen LogP contribution in [0.15, 0.2) is 17.0 Å². The van der Waals surface area contributed by atoms with E-state index in [1.54, 1.807) is 0 Å². The fraction of sp³-hybridized carbons (Fsp3) is 0.500. The van der Waals surface area contributed by atoms with Crippen LogP contribution >= 0.6 is 23.2 Å². The molecule has 114 valence electrons. The highest BCUT2D eigenvalue weighted by molar-refractivity contribution is 7.89. The maximum atomic E-state index is 12.4. The van der Waals surface area contributed by atoms with Gasteiger partial charge in [0.25, 0.3) is 0 Å². The Morgan fingerprint density at radius 3 is 2.50 bits per heavy atom. The first-order valence-electron chi connectivity index (χ1n) is 6.13. The van der Waals surface area contributed by atoms with Gasteiger partial charge in [0, 0.05) is 20.2 Å². The predicted octanol–water partition coefficient (Wildman–Crippen LogP) is 2.36. The van der Waals surface area contributed by atoms with Crippen molar-refractivity contribution in [2.24, 2.45) is 0 Å². The molecule has 1 aromatic rings. The maximum absolute atomic E-state index is 12.4. The molecule has 0 aliphatic heterocycles.